The Morgan fingerprint density at radius 3 is 2.75 bits per heavy atom. The molecule has 1 heterocycles. The molecule has 1 aromatic rings. The summed E-state index contributed by atoms with van der Waals surface area (Å²) in [5.41, 5.74) is 8.03. The van der Waals surface area contributed by atoms with Crippen LogP contribution in [-0.2, 0) is 11.2 Å². The van der Waals surface area contributed by atoms with Gasteiger partial charge in [-0.05, 0) is 20.4 Å². The van der Waals surface area contributed by atoms with Crippen molar-refractivity contribution in [1.82, 2.24) is 4.98 Å². The summed E-state index contributed by atoms with van der Waals surface area (Å²) < 4.78 is 5.28. The number of carbonyl (C=O) groups is 1. The minimum atomic E-state index is 0.115. The summed E-state index contributed by atoms with van der Waals surface area (Å²) >= 11 is 0. The van der Waals surface area contributed by atoms with Crippen molar-refractivity contribution in [3.63, 3.8) is 0 Å². The van der Waals surface area contributed by atoms with Crippen LogP contribution in [0.2, 0.25) is 0 Å². The number of aromatic nitrogens is 1. The Hall–Kier alpha value is -1.42. The first-order chi connectivity index (χ1) is 7.60. The third-order valence-electron chi connectivity index (χ3n) is 2.54. The Labute approximate surface area is 95.8 Å². The van der Waals surface area contributed by atoms with Gasteiger partial charge in [0, 0.05) is 30.2 Å². The van der Waals surface area contributed by atoms with Crippen LogP contribution in [0.1, 0.15) is 23.2 Å². The van der Waals surface area contributed by atoms with E-state index in [9.17, 15) is 4.79 Å². The molecule has 0 bridgehead atoms. The highest BCUT2D eigenvalue weighted by Gasteiger charge is 2.12. The Kier molecular flexibility index (Phi) is 4.43. The number of rotatable bonds is 5. The summed E-state index contributed by atoms with van der Waals surface area (Å²) in [6.07, 6.45) is 2.47. The van der Waals surface area contributed by atoms with Crippen LogP contribution in [0.3, 0.4) is 0 Å². The van der Waals surface area contributed by atoms with Crippen LogP contribution in [0.4, 0.5) is 0 Å². The monoisotopic (exact) mass is 222 g/mol. The van der Waals surface area contributed by atoms with Gasteiger partial charge in [-0.1, -0.05) is 0 Å². The minimum absolute atomic E-state index is 0.115. The molecule has 1 aromatic heterocycles. The van der Waals surface area contributed by atoms with Crippen molar-refractivity contribution < 1.29 is 9.53 Å². The average molecular weight is 222 g/mol. The summed E-state index contributed by atoms with van der Waals surface area (Å²) in [5, 5.41) is 0. The van der Waals surface area contributed by atoms with Gasteiger partial charge in [-0.25, -0.2) is 0 Å². The predicted octanol–water partition coefficient (Wildman–Crippen LogP) is 1.17. The molecule has 0 saturated carbocycles. The molecule has 0 spiro atoms. The first-order valence-electron chi connectivity index (χ1n) is 5.31. The molecule has 88 valence electrons. The maximum Gasteiger partial charge on any atom is 0.140 e. The lowest BCUT2D eigenvalue weighted by molar-refractivity contribution is -0.118. The van der Waals surface area contributed by atoms with Gasteiger partial charge in [-0.3, -0.25) is 9.78 Å². The van der Waals surface area contributed by atoms with Crippen LogP contribution in [0.5, 0.6) is 5.75 Å². The molecule has 0 aromatic carbocycles. The zero-order chi connectivity index (χ0) is 12.1. The molecule has 0 aliphatic carbocycles. The number of pyridine rings is 1. The van der Waals surface area contributed by atoms with E-state index in [2.05, 4.69) is 4.98 Å². The molecular formula is C12H18N2O2. The van der Waals surface area contributed by atoms with Gasteiger partial charge in [0.15, 0.2) is 0 Å². The van der Waals surface area contributed by atoms with Crippen molar-refractivity contribution in [1.29, 1.82) is 0 Å². The fourth-order valence-electron chi connectivity index (χ4n) is 1.69. The molecule has 4 heteroatoms. The van der Waals surface area contributed by atoms with E-state index in [1.165, 1.54) is 0 Å². The van der Waals surface area contributed by atoms with E-state index in [-0.39, 0.29) is 5.78 Å². The van der Waals surface area contributed by atoms with Gasteiger partial charge >= 0.3 is 0 Å². The summed E-state index contributed by atoms with van der Waals surface area (Å²) in [5.74, 6) is 0.926. The zero-order valence-electron chi connectivity index (χ0n) is 10.0. The molecule has 2 N–H and O–H groups in total. The highest BCUT2D eigenvalue weighted by Crippen LogP contribution is 2.24. The number of nitrogens with two attached hydrogens (primary N) is 1. The molecule has 0 atom stereocenters. The van der Waals surface area contributed by atoms with Crippen LogP contribution >= 0.6 is 0 Å². The normalized spacial score (nSPS) is 10.2. The molecule has 4 nitrogen and oxygen atoms in total. The number of ether oxygens (including phenoxy) is 1. The number of carbonyl (C=O) groups excluding carboxylic acids is 1. The second-order valence-corrected chi connectivity index (χ2v) is 3.80. The van der Waals surface area contributed by atoms with E-state index in [0.717, 1.165) is 22.6 Å². The quantitative estimate of drug-likeness (QED) is 0.812. The molecule has 0 unspecified atom stereocenters. The fourth-order valence-corrected chi connectivity index (χ4v) is 1.69. The Bertz CT molecular complexity index is 389. The largest absolute Gasteiger partial charge is 0.496 e. The Morgan fingerprint density at radius 1 is 1.50 bits per heavy atom. The molecule has 1 rings (SSSR count). The lowest BCUT2D eigenvalue weighted by Crippen LogP contribution is -2.12. The molecule has 0 amide bonds. The number of Topliss-reactive ketones (excluding diaryl/α,β-unsaturated/α-hetero) is 1. The third-order valence-corrected chi connectivity index (χ3v) is 2.54. The van der Waals surface area contributed by atoms with Crippen LogP contribution in [0, 0.1) is 13.8 Å². The summed E-state index contributed by atoms with van der Waals surface area (Å²) in [6, 6.07) is 0. The first-order valence-corrected chi connectivity index (χ1v) is 5.31. The van der Waals surface area contributed by atoms with Gasteiger partial charge in [0.25, 0.3) is 0 Å². The van der Waals surface area contributed by atoms with Crippen LogP contribution in [0.15, 0.2) is 6.20 Å². The van der Waals surface area contributed by atoms with E-state index in [1.54, 1.807) is 13.3 Å². The van der Waals surface area contributed by atoms with Crippen molar-refractivity contribution in [2.45, 2.75) is 26.7 Å². The van der Waals surface area contributed by atoms with E-state index >= 15 is 0 Å². The summed E-state index contributed by atoms with van der Waals surface area (Å²) in [4.78, 5) is 15.8. The Morgan fingerprint density at radius 2 is 2.19 bits per heavy atom. The van der Waals surface area contributed by atoms with Crippen LogP contribution in [-0.4, -0.2) is 24.4 Å². The Balaban J connectivity index is 2.93. The van der Waals surface area contributed by atoms with Crippen molar-refractivity contribution in [3.05, 3.63) is 23.0 Å². The molecule has 0 aliphatic heterocycles. The number of aryl methyl sites for hydroxylation is 1. The zero-order valence-corrected chi connectivity index (χ0v) is 10.0. The van der Waals surface area contributed by atoms with Gasteiger partial charge in [-0.15, -0.1) is 0 Å². The lowest BCUT2D eigenvalue weighted by Gasteiger charge is -2.11. The van der Waals surface area contributed by atoms with Gasteiger partial charge in [0.05, 0.1) is 12.8 Å². The van der Waals surface area contributed by atoms with Gasteiger partial charge in [0.2, 0.25) is 0 Å². The number of nitrogens with zero attached hydrogens (tertiary/aromatic N) is 1. The minimum Gasteiger partial charge on any atom is -0.496 e. The van der Waals surface area contributed by atoms with Crippen LogP contribution in [0.25, 0.3) is 0 Å². The summed E-state index contributed by atoms with van der Waals surface area (Å²) in [7, 11) is 1.63. The first kappa shape index (κ1) is 12.6. The van der Waals surface area contributed by atoms with Crippen LogP contribution < -0.4 is 10.5 Å². The van der Waals surface area contributed by atoms with Gasteiger partial charge < -0.3 is 10.5 Å². The molecule has 0 aliphatic rings. The maximum atomic E-state index is 11.5. The van der Waals surface area contributed by atoms with Gasteiger partial charge in [0.1, 0.15) is 11.5 Å². The number of methoxy groups -OCH3 is 1. The fraction of sp³-hybridized carbons (Fsp3) is 0.500. The highest BCUT2D eigenvalue weighted by molar-refractivity contribution is 5.81. The maximum absolute atomic E-state index is 11.5. The second kappa shape index (κ2) is 5.61. The second-order valence-electron chi connectivity index (χ2n) is 3.80. The average Bonchev–Trinajstić information content (AvgIpc) is 2.23. The molecule has 0 fully saturated rings. The standard InChI is InChI=1S/C12H18N2O2/c1-8-7-14-11(6-10(15)4-5-13)9(2)12(8)16-3/h7H,4-6,13H2,1-3H3. The molecular weight excluding hydrogens is 204 g/mol. The molecule has 0 radical (unpaired) electrons. The SMILES string of the molecule is COc1c(C)cnc(CC(=O)CCN)c1C. The highest BCUT2D eigenvalue weighted by atomic mass is 16.5. The number of hydrogen-bond donors (Lipinski definition) is 1. The molecule has 16 heavy (non-hydrogen) atoms. The van der Waals surface area contributed by atoms with E-state index in [0.29, 0.717) is 19.4 Å². The van der Waals surface area contributed by atoms with Crippen molar-refractivity contribution >= 4 is 5.78 Å². The topological polar surface area (TPSA) is 65.2 Å². The number of hydrogen-bond acceptors (Lipinski definition) is 4. The van der Waals surface area contributed by atoms with E-state index in [4.69, 9.17) is 10.5 Å². The van der Waals surface area contributed by atoms with Crippen molar-refractivity contribution in [3.8, 4) is 5.75 Å². The van der Waals surface area contributed by atoms with Gasteiger partial charge in [-0.2, -0.15) is 0 Å². The summed E-state index contributed by atoms with van der Waals surface area (Å²) in [6.45, 7) is 4.25. The van der Waals surface area contributed by atoms with Crippen molar-refractivity contribution in [2.24, 2.45) is 5.73 Å². The smallest absolute Gasteiger partial charge is 0.140 e. The number of ketones is 1. The predicted molar refractivity (Wildman–Crippen MR) is 62.6 cm³/mol. The lowest BCUT2D eigenvalue weighted by atomic mass is 10.1. The van der Waals surface area contributed by atoms with E-state index < -0.39 is 0 Å². The van der Waals surface area contributed by atoms with Crippen molar-refractivity contribution in [2.75, 3.05) is 13.7 Å². The third kappa shape index (κ3) is 2.79. The van der Waals surface area contributed by atoms with E-state index in [1.807, 2.05) is 13.8 Å². The molecule has 0 saturated heterocycles.